The molecule has 3 aromatic rings. The van der Waals surface area contributed by atoms with E-state index in [1.807, 2.05) is 56.3 Å². The summed E-state index contributed by atoms with van der Waals surface area (Å²) in [5.74, 6) is 0.679. The van der Waals surface area contributed by atoms with Gasteiger partial charge in [0.1, 0.15) is 12.1 Å². The zero-order valence-corrected chi connectivity index (χ0v) is 16.6. The monoisotopic (exact) mass is 397 g/mol. The summed E-state index contributed by atoms with van der Waals surface area (Å²) >= 11 is 0. The van der Waals surface area contributed by atoms with E-state index < -0.39 is 10.0 Å². The van der Waals surface area contributed by atoms with Gasteiger partial charge in [-0.05, 0) is 43.2 Å². The highest BCUT2D eigenvalue weighted by molar-refractivity contribution is 7.92. The molecule has 4 N–H and O–H groups in total. The standard InChI is InChI=1S/C20H23N5O2S/c1-3-9-28(26,27)25-18-11-17(8-7-14(18)2)24-20-12-19(22-13-23-20)15-5-4-6-16(21)10-15/h4-8,10-13,25H,3,9,21H2,1-2H3,(H,22,23,24). The second-order valence-corrected chi connectivity index (χ2v) is 8.33. The van der Waals surface area contributed by atoms with Crippen LogP contribution >= 0.6 is 0 Å². The molecule has 3 rings (SSSR count). The number of hydrogen-bond acceptors (Lipinski definition) is 6. The third kappa shape index (κ3) is 4.98. The molecule has 0 aliphatic rings. The molecule has 0 fully saturated rings. The van der Waals surface area contributed by atoms with Gasteiger partial charge >= 0.3 is 0 Å². The van der Waals surface area contributed by atoms with Crippen LogP contribution in [-0.4, -0.2) is 24.1 Å². The van der Waals surface area contributed by atoms with Crippen molar-refractivity contribution in [3.8, 4) is 11.3 Å². The van der Waals surface area contributed by atoms with Crippen molar-refractivity contribution < 1.29 is 8.42 Å². The Morgan fingerprint density at radius 3 is 2.64 bits per heavy atom. The zero-order valence-electron chi connectivity index (χ0n) is 15.8. The molecular formula is C20H23N5O2S. The van der Waals surface area contributed by atoms with Gasteiger partial charge in [0.05, 0.1) is 17.1 Å². The summed E-state index contributed by atoms with van der Waals surface area (Å²) < 4.78 is 26.8. The fourth-order valence-electron chi connectivity index (χ4n) is 2.73. The average Bonchev–Trinajstić information content (AvgIpc) is 2.64. The van der Waals surface area contributed by atoms with E-state index in [0.717, 1.165) is 22.5 Å². The fraction of sp³-hybridized carbons (Fsp3) is 0.200. The summed E-state index contributed by atoms with van der Waals surface area (Å²) in [5, 5.41) is 3.20. The number of nitrogens with zero attached hydrogens (tertiary/aromatic N) is 2. The molecule has 0 radical (unpaired) electrons. The van der Waals surface area contributed by atoms with Crippen LogP contribution in [0.4, 0.5) is 22.9 Å². The Morgan fingerprint density at radius 2 is 1.89 bits per heavy atom. The van der Waals surface area contributed by atoms with Gasteiger partial charge < -0.3 is 11.1 Å². The van der Waals surface area contributed by atoms with Crippen molar-refractivity contribution in [1.29, 1.82) is 0 Å². The molecule has 0 spiro atoms. The van der Waals surface area contributed by atoms with Crippen molar-refractivity contribution in [2.24, 2.45) is 0 Å². The van der Waals surface area contributed by atoms with Gasteiger partial charge in [0.15, 0.2) is 0 Å². The highest BCUT2D eigenvalue weighted by atomic mass is 32.2. The van der Waals surface area contributed by atoms with Gasteiger partial charge in [0.2, 0.25) is 10.0 Å². The van der Waals surface area contributed by atoms with Gasteiger partial charge in [0.25, 0.3) is 0 Å². The Hall–Kier alpha value is -3.13. The molecule has 0 saturated carbocycles. The van der Waals surface area contributed by atoms with Crippen LogP contribution in [0.15, 0.2) is 54.9 Å². The molecule has 0 aliphatic carbocycles. The smallest absolute Gasteiger partial charge is 0.232 e. The Kier molecular flexibility index (Phi) is 5.79. The van der Waals surface area contributed by atoms with E-state index in [1.54, 1.807) is 6.07 Å². The van der Waals surface area contributed by atoms with Crippen molar-refractivity contribution in [1.82, 2.24) is 9.97 Å². The number of nitrogens with two attached hydrogens (primary N) is 1. The second-order valence-electron chi connectivity index (χ2n) is 6.49. The minimum absolute atomic E-state index is 0.0829. The maximum absolute atomic E-state index is 12.1. The zero-order chi connectivity index (χ0) is 20.1. The molecule has 7 nitrogen and oxygen atoms in total. The number of hydrogen-bond donors (Lipinski definition) is 3. The molecule has 0 aliphatic heterocycles. The molecule has 1 heterocycles. The third-order valence-electron chi connectivity index (χ3n) is 4.10. The number of nitrogens with one attached hydrogen (secondary N) is 2. The summed E-state index contributed by atoms with van der Waals surface area (Å²) in [5.41, 5.74) is 10.2. The molecule has 0 atom stereocenters. The third-order valence-corrected chi connectivity index (χ3v) is 5.57. The lowest BCUT2D eigenvalue weighted by Crippen LogP contribution is -2.16. The number of anilines is 4. The van der Waals surface area contributed by atoms with E-state index in [-0.39, 0.29) is 5.75 Å². The van der Waals surface area contributed by atoms with Crippen molar-refractivity contribution in [3.05, 3.63) is 60.4 Å². The summed E-state index contributed by atoms with van der Waals surface area (Å²) in [6, 6.07) is 14.8. The SMILES string of the molecule is CCCS(=O)(=O)Nc1cc(Nc2cc(-c3cccc(N)c3)ncn2)ccc1C. The topological polar surface area (TPSA) is 110 Å². The Morgan fingerprint density at radius 1 is 1.07 bits per heavy atom. The first-order valence-corrected chi connectivity index (χ1v) is 10.6. The largest absolute Gasteiger partial charge is 0.399 e. The minimum Gasteiger partial charge on any atom is -0.399 e. The maximum atomic E-state index is 12.1. The van der Waals surface area contributed by atoms with E-state index in [2.05, 4.69) is 20.0 Å². The van der Waals surface area contributed by atoms with Crippen LogP contribution in [0, 0.1) is 6.92 Å². The molecule has 28 heavy (non-hydrogen) atoms. The predicted molar refractivity (Wildman–Crippen MR) is 114 cm³/mol. The molecule has 0 saturated heterocycles. The lowest BCUT2D eigenvalue weighted by molar-refractivity contribution is 0.600. The number of benzene rings is 2. The van der Waals surface area contributed by atoms with Gasteiger partial charge in [-0.15, -0.1) is 0 Å². The van der Waals surface area contributed by atoms with Crippen LogP contribution < -0.4 is 15.8 Å². The second kappa shape index (κ2) is 8.26. The van der Waals surface area contributed by atoms with Crippen LogP contribution in [0.3, 0.4) is 0 Å². The molecule has 2 aromatic carbocycles. The maximum Gasteiger partial charge on any atom is 0.232 e. The van der Waals surface area contributed by atoms with E-state index in [4.69, 9.17) is 5.73 Å². The Bertz CT molecular complexity index is 1080. The van der Waals surface area contributed by atoms with Crippen molar-refractivity contribution in [3.63, 3.8) is 0 Å². The van der Waals surface area contributed by atoms with E-state index in [9.17, 15) is 8.42 Å². The van der Waals surface area contributed by atoms with Gasteiger partial charge in [0, 0.05) is 23.0 Å². The van der Waals surface area contributed by atoms with Crippen LogP contribution in [0.1, 0.15) is 18.9 Å². The minimum atomic E-state index is -3.36. The van der Waals surface area contributed by atoms with Gasteiger partial charge in [-0.1, -0.05) is 25.1 Å². The number of aromatic nitrogens is 2. The quantitative estimate of drug-likeness (QED) is 0.521. The lowest BCUT2D eigenvalue weighted by atomic mass is 10.1. The van der Waals surface area contributed by atoms with Gasteiger partial charge in [-0.3, -0.25) is 4.72 Å². The summed E-state index contributed by atoms with van der Waals surface area (Å²) in [6.45, 7) is 3.69. The summed E-state index contributed by atoms with van der Waals surface area (Å²) in [7, 11) is -3.36. The van der Waals surface area contributed by atoms with Gasteiger partial charge in [-0.2, -0.15) is 0 Å². The van der Waals surface area contributed by atoms with Crippen molar-refractivity contribution >= 4 is 32.9 Å². The Balaban J connectivity index is 1.84. The van der Waals surface area contributed by atoms with Crippen LogP contribution in [0.5, 0.6) is 0 Å². The summed E-state index contributed by atoms with van der Waals surface area (Å²) in [4.78, 5) is 8.54. The fourth-order valence-corrected chi connectivity index (χ4v) is 3.92. The number of sulfonamides is 1. The first-order valence-electron chi connectivity index (χ1n) is 8.92. The first-order chi connectivity index (χ1) is 13.4. The molecule has 8 heteroatoms. The Labute approximate surface area is 165 Å². The summed E-state index contributed by atoms with van der Waals surface area (Å²) in [6.07, 6.45) is 2.03. The van der Waals surface area contributed by atoms with Crippen LogP contribution in [-0.2, 0) is 10.0 Å². The number of nitrogen functional groups attached to an aromatic ring is 1. The molecule has 0 amide bonds. The van der Waals surface area contributed by atoms with E-state index in [1.165, 1.54) is 6.33 Å². The molecular weight excluding hydrogens is 374 g/mol. The molecule has 146 valence electrons. The first kappa shape index (κ1) is 19.6. The average molecular weight is 398 g/mol. The molecule has 0 bridgehead atoms. The number of aryl methyl sites for hydroxylation is 1. The van der Waals surface area contributed by atoms with E-state index in [0.29, 0.717) is 23.6 Å². The normalized spacial score (nSPS) is 11.2. The highest BCUT2D eigenvalue weighted by Gasteiger charge is 2.11. The van der Waals surface area contributed by atoms with Crippen LogP contribution in [0.2, 0.25) is 0 Å². The van der Waals surface area contributed by atoms with Gasteiger partial charge in [-0.25, -0.2) is 18.4 Å². The lowest BCUT2D eigenvalue weighted by Gasteiger charge is -2.13. The highest BCUT2D eigenvalue weighted by Crippen LogP contribution is 2.26. The van der Waals surface area contributed by atoms with Crippen LogP contribution in [0.25, 0.3) is 11.3 Å². The van der Waals surface area contributed by atoms with E-state index >= 15 is 0 Å². The predicted octanol–water partition coefficient (Wildman–Crippen LogP) is 3.93. The number of rotatable bonds is 7. The van der Waals surface area contributed by atoms with Crippen molar-refractivity contribution in [2.45, 2.75) is 20.3 Å². The molecule has 1 aromatic heterocycles. The molecule has 0 unspecified atom stereocenters. The van der Waals surface area contributed by atoms with Crippen molar-refractivity contribution in [2.75, 3.05) is 21.5 Å².